The predicted octanol–water partition coefficient (Wildman–Crippen LogP) is 0.839. The van der Waals surface area contributed by atoms with E-state index in [0.29, 0.717) is 19.7 Å². The van der Waals surface area contributed by atoms with Crippen LogP contribution in [0, 0.1) is 5.92 Å². The van der Waals surface area contributed by atoms with E-state index in [2.05, 4.69) is 4.90 Å². The Kier molecular flexibility index (Phi) is 6.11. The molecule has 2 saturated heterocycles. The number of nitrogens with zero attached hydrogens (tertiary/aromatic N) is 3. The van der Waals surface area contributed by atoms with Gasteiger partial charge in [-0.3, -0.25) is 9.59 Å². The lowest BCUT2D eigenvalue weighted by Crippen LogP contribution is -2.54. The molecule has 1 aromatic carbocycles. The monoisotopic (exact) mass is 361 g/mol. The molecule has 2 aliphatic rings. The van der Waals surface area contributed by atoms with Crippen LogP contribution in [0.5, 0.6) is 5.75 Å². The first-order valence-corrected chi connectivity index (χ1v) is 9.07. The fourth-order valence-electron chi connectivity index (χ4n) is 3.61. The fraction of sp³-hybridized carbons (Fsp3) is 0.579. The topological polar surface area (TPSA) is 62.3 Å². The number of benzene rings is 1. The minimum Gasteiger partial charge on any atom is -0.497 e. The average molecular weight is 361 g/mol. The average Bonchev–Trinajstić information content (AvgIpc) is 3.15. The van der Waals surface area contributed by atoms with Gasteiger partial charge in [0.05, 0.1) is 19.6 Å². The van der Waals surface area contributed by atoms with Crippen LogP contribution in [0.1, 0.15) is 6.42 Å². The number of hydrogen-bond donors (Lipinski definition) is 0. The summed E-state index contributed by atoms with van der Waals surface area (Å²) >= 11 is 0. The van der Waals surface area contributed by atoms with E-state index in [-0.39, 0.29) is 24.3 Å². The number of piperazine rings is 1. The highest BCUT2D eigenvalue weighted by Crippen LogP contribution is 2.23. The highest BCUT2D eigenvalue weighted by molar-refractivity contribution is 5.98. The molecule has 0 radical (unpaired) electrons. The van der Waals surface area contributed by atoms with Crippen LogP contribution in [0.25, 0.3) is 0 Å². The molecule has 0 N–H and O–H groups in total. The Morgan fingerprint density at radius 1 is 1.15 bits per heavy atom. The molecule has 0 unspecified atom stereocenters. The summed E-state index contributed by atoms with van der Waals surface area (Å²) in [4.78, 5) is 31.0. The molecule has 26 heavy (non-hydrogen) atoms. The van der Waals surface area contributed by atoms with E-state index < -0.39 is 0 Å². The normalized spacial score (nSPS) is 21.3. The molecular weight excluding hydrogens is 334 g/mol. The summed E-state index contributed by atoms with van der Waals surface area (Å²) < 4.78 is 10.3. The second kappa shape index (κ2) is 8.51. The van der Waals surface area contributed by atoms with Gasteiger partial charge in [-0.05, 0) is 37.2 Å². The van der Waals surface area contributed by atoms with Crippen LogP contribution in [0.2, 0.25) is 0 Å². The van der Waals surface area contributed by atoms with Crippen molar-refractivity contribution >= 4 is 17.5 Å². The number of methoxy groups -OCH3 is 2. The van der Waals surface area contributed by atoms with Crippen molar-refractivity contribution < 1.29 is 19.1 Å². The lowest BCUT2D eigenvalue weighted by molar-refractivity contribution is -0.140. The Labute approximate surface area is 154 Å². The molecule has 2 fully saturated rings. The van der Waals surface area contributed by atoms with Crippen LogP contribution in [0.4, 0.5) is 5.69 Å². The highest BCUT2D eigenvalue weighted by Gasteiger charge is 2.35. The third-order valence-electron chi connectivity index (χ3n) is 5.15. The van der Waals surface area contributed by atoms with Crippen molar-refractivity contribution in [2.75, 3.05) is 65.0 Å². The number of hydrogen-bond acceptors (Lipinski definition) is 5. The van der Waals surface area contributed by atoms with Crippen molar-refractivity contribution in [3.63, 3.8) is 0 Å². The molecule has 7 nitrogen and oxygen atoms in total. The summed E-state index contributed by atoms with van der Waals surface area (Å²) in [6.45, 7) is 4.46. The summed E-state index contributed by atoms with van der Waals surface area (Å²) in [6.07, 6.45) is 0.857. The number of amides is 2. The van der Waals surface area contributed by atoms with Crippen LogP contribution in [-0.2, 0) is 14.3 Å². The van der Waals surface area contributed by atoms with Gasteiger partial charge in [0, 0.05) is 39.0 Å². The molecule has 7 heteroatoms. The maximum atomic E-state index is 12.8. The minimum atomic E-state index is -0.0380. The molecule has 0 bridgehead atoms. The summed E-state index contributed by atoms with van der Waals surface area (Å²) in [5.41, 5.74) is 0.842. The molecule has 3 rings (SSSR count). The van der Waals surface area contributed by atoms with Crippen molar-refractivity contribution in [3.8, 4) is 5.75 Å². The number of rotatable bonds is 6. The van der Waals surface area contributed by atoms with Crippen molar-refractivity contribution in [1.29, 1.82) is 0 Å². The second-order valence-corrected chi connectivity index (χ2v) is 6.78. The van der Waals surface area contributed by atoms with Crippen molar-refractivity contribution in [2.24, 2.45) is 5.92 Å². The fourth-order valence-corrected chi connectivity index (χ4v) is 3.61. The smallest absolute Gasteiger partial charge is 0.246 e. The van der Waals surface area contributed by atoms with Gasteiger partial charge in [-0.25, -0.2) is 0 Å². The van der Waals surface area contributed by atoms with Crippen LogP contribution in [-0.4, -0.2) is 81.7 Å². The Bertz CT molecular complexity index is 634. The summed E-state index contributed by atoms with van der Waals surface area (Å²) in [7, 11) is 3.30. The number of carbonyl (C=O) groups is 2. The van der Waals surface area contributed by atoms with E-state index in [1.54, 1.807) is 24.0 Å². The quantitative estimate of drug-likeness (QED) is 0.751. The minimum absolute atomic E-state index is 0.00723. The van der Waals surface area contributed by atoms with Crippen LogP contribution < -0.4 is 9.64 Å². The van der Waals surface area contributed by atoms with Crippen LogP contribution in [0.15, 0.2) is 24.3 Å². The Morgan fingerprint density at radius 3 is 2.58 bits per heavy atom. The largest absolute Gasteiger partial charge is 0.497 e. The SMILES string of the molecule is COCCN1CC[C@H](C(=O)N2CCN(c3ccc(OC)cc3)C(=O)C2)C1. The van der Waals surface area contributed by atoms with E-state index >= 15 is 0 Å². The summed E-state index contributed by atoms with van der Waals surface area (Å²) in [5, 5.41) is 0. The Hall–Kier alpha value is -2.12. The van der Waals surface area contributed by atoms with E-state index in [1.807, 2.05) is 24.3 Å². The summed E-state index contributed by atoms with van der Waals surface area (Å²) in [5.74, 6) is 0.818. The second-order valence-electron chi connectivity index (χ2n) is 6.78. The van der Waals surface area contributed by atoms with Gasteiger partial charge in [-0.1, -0.05) is 0 Å². The van der Waals surface area contributed by atoms with Gasteiger partial charge < -0.3 is 24.2 Å². The van der Waals surface area contributed by atoms with Gasteiger partial charge in [-0.15, -0.1) is 0 Å². The lowest BCUT2D eigenvalue weighted by Gasteiger charge is -2.35. The van der Waals surface area contributed by atoms with Gasteiger partial charge in [0.25, 0.3) is 0 Å². The van der Waals surface area contributed by atoms with Gasteiger partial charge in [0.15, 0.2) is 0 Å². The number of carbonyl (C=O) groups excluding carboxylic acids is 2. The zero-order valence-electron chi connectivity index (χ0n) is 15.5. The first-order chi connectivity index (χ1) is 12.6. The molecule has 2 aliphatic heterocycles. The molecule has 0 spiro atoms. The highest BCUT2D eigenvalue weighted by atomic mass is 16.5. The summed E-state index contributed by atoms with van der Waals surface area (Å²) in [6, 6.07) is 7.43. The lowest BCUT2D eigenvalue weighted by atomic mass is 10.1. The molecule has 1 atom stereocenters. The Balaban J connectivity index is 1.54. The number of likely N-dealkylation sites (tertiary alicyclic amines) is 1. The Morgan fingerprint density at radius 2 is 1.92 bits per heavy atom. The number of anilines is 1. The molecule has 0 saturated carbocycles. The van der Waals surface area contributed by atoms with Gasteiger partial charge in [-0.2, -0.15) is 0 Å². The zero-order chi connectivity index (χ0) is 18.5. The standard InChI is InChI=1S/C19H27N3O4/c1-25-12-11-20-8-7-15(13-20)19(24)21-9-10-22(18(23)14-21)16-3-5-17(26-2)6-4-16/h3-6,15H,7-14H2,1-2H3/t15-/m0/s1. The third-order valence-corrected chi connectivity index (χ3v) is 5.15. The molecule has 142 valence electrons. The van der Waals surface area contributed by atoms with Crippen LogP contribution >= 0.6 is 0 Å². The molecule has 0 aromatic heterocycles. The zero-order valence-corrected chi connectivity index (χ0v) is 15.5. The first kappa shape index (κ1) is 18.7. The predicted molar refractivity (Wildman–Crippen MR) is 98.4 cm³/mol. The first-order valence-electron chi connectivity index (χ1n) is 9.07. The maximum Gasteiger partial charge on any atom is 0.246 e. The van der Waals surface area contributed by atoms with E-state index in [4.69, 9.17) is 9.47 Å². The van der Waals surface area contributed by atoms with E-state index in [0.717, 1.165) is 37.5 Å². The maximum absolute atomic E-state index is 12.8. The third kappa shape index (κ3) is 4.16. The molecule has 2 heterocycles. The number of ether oxygens (including phenoxy) is 2. The van der Waals surface area contributed by atoms with Crippen molar-refractivity contribution in [1.82, 2.24) is 9.80 Å². The van der Waals surface area contributed by atoms with E-state index in [9.17, 15) is 9.59 Å². The van der Waals surface area contributed by atoms with Crippen molar-refractivity contribution in [3.05, 3.63) is 24.3 Å². The van der Waals surface area contributed by atoms with Crippen LogP contribution in [0.3, 0.4) is 0 Å². The molecule has 0 aliphatic carbocycles. The molecular formula is C19H27N3O4. The van der Waals surface area contributed by atoms with E-state index in [1.165, 1.54) is 0 Å². The molecule has 1 aromatic rings. The van der Waals surface area contributed by atoms with Gasteiger partial charge in [0.1, 0.15) is 12.3 Å². The van der Waals surface area contributed by atoms with Crippen molar-refractivity contribution in [2.45, 2.75) is 6.42 Å². The van der Waals surface area contributed by atoms with Gasteiger partial charge >= 0.3 is 0 Å². The van der Waals surface area contributed by atoms with Gasteiger partial charge in [0.2, 0.25) is 11.8 Å². The molecule has 2 amide bonds.